The normalized spacial score (nSPS) is 10.1. The van der Waals surface area contributed by atoms with Gasteiger partial charge in [-0.2, -0.15) is 4.68 Å². The Morgan fingerprint density at radius 3 is 2.86 bits per heavy atom. The molecule has 0 unspecified atom stereocenters. The third-order valence-electron chi connectivity index (χ3n) is 1.57. The molecule has 0 fully saturated rings. The van der Waals surface area contributed by atoms with Gasteiger partial charge in [0.05, 0.1) is 17.8 Å². The summed E-state index contributed by atoms with van der Waals surface area (Å²) in [4.78, 5) is 20.3. The zero-order chi connectivity index (χ0) is 10.7. The van der Waals surface area contributed by atoms with Gasteiger partial charge in [0.15, 0.2) is 5.02 Å². The standard InChI is InChI=1S/C7H8ClN3O3/c1-5(12)2-3-10-4-6(8)7(9-10)11(13)14/h4H,2-3H2,1H3. The van der Waals surface area contributed by atoms with Crippen LogP contribution in [-0.2, 0) is 11.3 Å². The maximum absolute atomic E-state index is 10.6. The van der Waals surface area contributed by atoms with Crippen LogP contribution in [0.3, 0.4) is 0 Å². The Morgan fingerprint density at radius 1 is 1.79 bits per heavy atom. The molecule has 0 spiro atoms. The van der Waals surface area contributed by atoms with Crippen molar-refractivity contribution in [1.29, 1.82) is 0 Å². The van der Waals surface area contributed by atoms with Crippen molar-refractivity contribution in [1.82, 2.24) is 9.78 Å². The van der Waals surface area contributed by atoms with Crippen molar-refractivity contribution in [2.45, 2.75) is 19.9 Å². The van der Waals surface area contributed by atoms with E-state index in [1.807, 2.05) is 0 Å². The van der Waals surface area contributed by atoms with Gasteiger partial charge in [-0.25, -0.2) is 0 Å². The van der Waals surface area contributed by atoms with Crippen LogP contribution in [0, 0.1) is 10.1 Å². The SMILES string of the molecule is CC(=O)CCn1cc(Cl)c([N+](=O)[O-])n1. The summed E-state index contributed by atoms with van der Waals surface area (Å²) in [7, 11) is 0. The van der Waals surface area contributed by atoms with Gasteiger partial charge >= 0.3 is 5.82 Å². The highest BCUT2D eigenvalue weighted by molar-refractivity contribution is 6.32. The molecule has 0 N–H and O–H groups in total. The molecule has 0 aromatic carbocycles. The predicted octanol–water partition coefficient (Wildman–Crippen LogP) is 1.42. The van der Waals surface area contributed by atoms with Gasteiger partial charge < -0.3 is 10.1 Å². The van der Waals surface area contributed by atoms with E-state index in [1.165, 1.54) is 17.8 Å². The van der Waals surface area contributed by atoms with E-state index in [2.05, 4.69) is 5.10 Å². The Hall–Kier alpha value is -1.43. The fourth-order valence-electron chi connectivity index (χ4n) is 0.897. The highest BCUT2D eigenvalue weighted by atomic mass is 35.5. The lowest BCUT2D eigenvalue weighted by atomic mass is 10.3. The molecule has 1 heterocycles. The quantitative estimate of drug-likeness (QED) is 0.565. The van der Waals surface area contributed by atoms with Gasteiger partial charge in [-0.15, -0.1) is 0 Å². The van der Waals surface area contributed by atoms with Crippen LogP contribution < -0.4 is 0 Å². The first-order valence-corrected chi connectivity index (χ1v) is 4.25. The van der Waals surface area contributed by atoms with Crippen molar-refractivity contribution in [2.75, 3.05) is 0 Å². The number of carbonyl (C=O) groups is 1. The number of hydrogen-bond acceptors (Lipinski definition) is 4. The van der Waals surface area contributed by atoms with Crippen LogP contribution in [0.25, 0.3) is 0 Å². The van der Waals surface area contributed by atoms with E-state index < -0.39 is 4.92 Å². The van der Waals surface area contributed by atoms with Crippen molar-refractivity contribution in [2.24, 2.45) is 0 Å². The maximum atomic E-state index is 10.6. The number of carbonyl (C=O) groups excluding carboxylic acids is 1. The Morgan fingerprint density at radius 2 is 2.43 bits per heavy atom. The molecular weight excluding hydrogens is 210 g/mol. The van der Waals surface area contributed by atoms with Crippen LogP contribution in [-0.4, -0.2) is 20.5 Å². The maximum Gasteiger partial charge on any atom is 0.408 e. The summed E-state index contributed by atoms with van der Waals surface area (Å²) in [5.74, 6) is -0.380. The number of aryl methyl sites for hydroxylation is 1. The molecule has 0 bridgehead atoms. The van der Waals surface area contributed by atoms with Gasteiger partial charge in [0.2, 0.25) is 0 Å². The zero-order valence-corrected chi connectivity index (χ0v) is 8.19. The van der Waals surface area contributed by atoms with Crippen LogP contribution in [0.1, 0.15) is 13.3 Å². The summed E-state index contributed by atoms with van der Waals surface area (Å²) in [6.07, 6.45) is 1.62. The van der Waals surface area contributed by atoms with Crippen LogP contribution in [0.2, 0.25) is 5.02 Å². The smallest absolute Gasteiger partial charge is 0.358 e. The summed E-state index contributed by atoms with van der Waals surface area (Å²) >= 11 is 5.55. The Labute approximate surface area is 84.6 Å². The lowest BCUT2D eigenvalue weighted by molar-refractivity contribution is -0.389. The van der Waals surface area contributed by atoms with E-state index in [0.717, 1.165) is 0 Å². The second kappa shape index (κ2) is 4.19. The molecule has 0 atom stereocenters. The molecule has 0 aliphatic carbocycles. The molecule has 1 aromatic heterocycles. The Bertz CT molecular complexity index is 374. The average molecular weight is 218 g/mol. The highest BCUT2D eigenvalue weighted by Gasteiger charge is 2.18. The average Bonchev–Trinajstić information content (AvgIpc) is 2.43. The lowest BCUT2D eigenvalue weighted by Gasteiger charge is -1.91. The number of rotatable bonds is 4. The number of hydrogen-bond donors (Lipinski definition) is 0. The molecule has 14 heavy (non-hydrogen) atoms. The minimum Gasteiger partial charge on any atom is -0.358 e. The molecule has 0 aliphatic heterocycles. The van der Waals surface area contributed by atoms with Crippen LogP contribution in [0.5, 0.6) is 0 Å². The fourth-order valence-corrected chi connectivity index (χ4v) is 1.12. The van der Waals surface area contributed by atoms with Crippen LogP contribution in [0.4, 0.5) is 5.82 Å². The van der Waals surface area contributed by atoms with Crippen molar-refractivity contribution in [3.63, 3.8) is 0 Å². The van der Waals surface area contributed by atoms with Gasteiger partial charge in [-0.05, 0) is 11.8 Å². The zero-order valence-electron chi connectivity index (χ0n) is 7.44. The van der Waals surface area contributed by atoms with E-state index in [9.17, 15) is 14.9 Å². The minimum absolute atomic E-state index is 0.000671. The number of Topliss-reactive ketones (excluding diaryl/α,β-unsaturated/α-hetero) is 1. The predicted molar refractivity (Wildman–Crippen MR) is 49.2 cm³/mol. The number of nitrogens with zero attached hydrogens (tertiary/aromatic N) is 3. The van der Waals surface area contributed by atoms with E-state index in [0.29, 0.717) is 6.54 Å². The molecule has 1 rings (SSSR count). The first-order valence-electron chi connectivity index (χ1n) is 3.87. The molecule has 1 aromatic rings. The van der Waals surface area contributed by atoms with E-state index in [-0.39, 0.29) is 23.0 Å². The fraction of sp³-hybridized carbons (Fsp3) is 0.429. The van der Waals surface area contributed by atoms with Crippen molar-refractivity contribution in [3.05, 3.63) is 21.3 Å². The summed E-state index contributed by atoms with van der Waals surface area (Å²) in [6.45, 7) is 1.75. The van der Waals surface area contributed by atoms with Crippen molar-refractivity contribution >= 4 is 23.2 Å². The highest BCUT2D eigenvalue weighted by Crippen LogP contribution is 2.21. The first kappa shape index (κ1) is 10.6. The number of aromatic nitrogens is 2. The number of ketones is 1. The number of nitro groups is 1. The third-order valence-corrected chi connectivity index (χ3v) is 1.83. The molecule has 6 nitrogen and oxygen atoms in total. The van der Waals surface area contributed by atoms with Gasteiger partial charge in [-0.3, -0.25) is 4.79 Å². The summed E-state index contributed by atoms with van der Waals surface area (Å²) < 4.78 is 1.29. The molecule has 0 radical (unpaired) electrons. The molecular formula is C7H8ClN3O3. The third kappa shape index (κ3) is 2.53. The molecule has 0 amide bonds. The minimum atomic E-state index is -0.660. The number of halogens is 1. The molecule has 0 saturated carbocycles. The monoisotopic (exact) mass is 217 g/mol. The second-order valence-electron chi connectivity index (χ2n) is 2.77. The molecule has 7 heteroatoms. The van der Waals surface area contributed by atoms with E-state index in [1.54, 1.807) is 0 Å². The lowest BCUT2D eigenvalue weighted by Crippen LogP contribution is -2.03. The van der Waals surface area contributed by atoms with Crippen molar-refractivity contribution < 1.29 is 9.72 Å². The van der Waals surface area contributed by atoms with E-state index in [4.69, 9.17) is 11.6 Å². The Kier molecular flexibility index (Phi) is 3.19. The summed E-state index contributed by atoms with van der Waals surface area (Å²) in [5, 5.41) is 14.0. The topological polar surface area (TPSA) is 78.0 Å². The van der Waals surface area contributed by atoms with Crippen molar-refractivity contribution in [3.8, 4) is 0 Å². The largest absolute Gasteiger partial charge is 0.408 e. The van der Waals surface area contributed by atoms with Crippen LogP contribution >= 0.6 is 11.6 Å². The Balaban J connectivity index is 2.76. The molecule has 0 saturated heterocycles. The van der Waals surface area contributed by atoms with Gasteiger partial charge in [0.25, 0.3) is 0 Å². The molecule has 0 aliphatic rings. The summed E-state index contributed by atoms with van der Waals surface area (Å²) in [5.41, 5.74) is 0. The van der Waals surface area contributed by atoms with Gasteiger partial charge in [0, 0.05) is 6.42 Å². The van der Waals surface area contributed by atoms with Gasteiger partial charge in [-0.1, -0.05) is 11.6 Å². The van der Waals surface area contributed by atoms with Gasteiger partial charge in [0.1, 0.15) is 5.78 Å². The summed E-state index contributed by atoms with van der Waals surface area (Å²) in [6, 6.07) is 0. The van der Waals surface area contributed by atoms with E-state index >= 15 is 0 Å². The van der Waals surface area contributed by atoms with Crippen LogP contribution in [0.15, 0.2) is 6.20 Å². The second-order valence-corrected chi connectivity index (χ2v) is 3.18. The molecule has 76 valence electrons. The first-order chi connectivity index (χ1) is 6.50.